The van der Waals surface area contributed by atoms with Crippen LogP contribution in [-0.4, -0.2) is 29.8 Å². The number of benzene rings is 2. The first-order valence-electron chi connectivity index (χ1n) is 11.1. The molecule has 0 bridgehead atoms. The molecule has 0 fully saturated rings. The van der Waals surface area contributed by atoms with E-state index < -0.39 is 5.92 Å². The summed E-state index contributed by atoms with van der Waals surface area (Å²) in [5.74, 6) is 0.969. The number of allylic oxidation sites excluding steroid dienone is 2. The number of carbonyl (C=O) groups is 1. The summed E-state index contributed by atoms with van der Waals surface area (Å²) in [7, 11) is 3.98. The highest BCUT2D eigenvalue weighted by Crippen LogP contribution is 2.43. The normalized spacial score (nSPS) is 17.3. The van der Waals surface area contributed by atoms with Crippen molar-refractivity contribution in [3.63, 3.8) is 0 Å². The summed E-state index contributed by atoms with van der Waals surface area (Å²) >= 11 is 1.50. The number of ketones is 1. The minimum atomic E-state index is -0.412. The Kier molecular flexibility index (Phi) is 5.81. The zero-order valence-corrected chi connectivity index (χ0v) is 19.5. The first-order chi connectivity index (χ1) is 16.0. The maximum atomic E-state index is 13.3. The van der Waals surface area contributed by atoms with Crippen LogP contribution in [0.5, 0.6) is 0 Å². The number of fused-ring (bicyclic) bond motifs is 1. The summed E-state index contributed by atoms with van der Waals surface area (Å²) in [4.78, 5) is 36.1. The zero-order valence-electron chi connectivity index (χ0n) is 18.7. The number of hydrogen-bond donors (Lipinski definition) is 2. The van der Waals surface area contributed by atoms with Gasteiger partial charge in [-0.1, -0.05) is 54.2 Å². The first kappa shape index (κ1) is 21.5. The molecule has 0 radical (unpaired) electrons. The van der Waals surface area contributed by atoms with Gasteiger partial charge in [-0.15, -0.1) is 0 Å². The Hall–Kier alpha value is -3.32. The van der Waals surface area contributed by atoms with Crippen molar-refractivity contribution in [2.24, 2.45) is 0 Å². The van der Waals surface area contributed by atoms with Gasteiger partial charge in [0, 0.05) is 49.1 Å². The summed E-state index contributed by atoms with van der Waals surface area (Å²) < 4.78 is 0. The number of Topliss-reactive ketones (excluding diaryl/α,β-unsaturated/α-hetero) is 1. The molecule has 2 aromatic carbocycles. The predicted molar refractivity (Wildman–Crippen MR) is 133 cm³/mol. The summed E-state index contributed by atoms with van der Waals surface area (Å²) in [6.07, 6.45) is 2.11. The van der Waals surface area contributed by atoms with Crippen LogP contribution in [0.4, 0.5) is 11.5 Å². The van der Waals surface area contributed by atoms with Gasteiger partial charge in [-0.05, 0) is 36.1 Å². The number of H-pyrrole nitrogens is 1. The topological polar surface area (TPSA) is 78.1 Å². The van der Waals surface area contributed by atoms with Crippen molar-refractivity contribution in [2.45, 2.75) is 36.1 Å². The van der Waals surface area contributed by atoms with Crippen LogP contribution in [0.2, 0.25) is 0 Å². The molecule has 0 saturated heterocycles. The highest BCUT2D eigenvalue weighted by Gasteiger charge is 2.37. The summed E-state index contributed by atoms with van der Waals surface area (Å²) in [6.45, 7) is 0. The predicted octanol–water partition coefficient (Wildman–Crippen LogP) is 4.69. The van der Waals surface area contributed by atoms with Gasteiger partial charge < -0.3 is 15.2 Å². The average Bonchev–Trinajstić information content (AvgIpc) is 2.82. The third-order valence-electron chi connectivity index (χ3n) is 6.20. The summed E-state index contributed by atoms with van der Waals surface area (Å²) in [6, 6.07) is 18.2. The van der Waals surface area contributed by atoms with Crippen molar-refractivity contribution < 1.29 is 4.79 Å². The van der Waals surface area contributed by atoms with Gasteiger partial charge in [-0.25, -0.2) is 4.98 Å². The molecule has 1 aliphatic heterocycles. The fraction of sp³-hybridized carbons (Fsp3) is 0.269. The number of carbonyl (C=O) groups excluding carboxylic acids is 1. The van der Waals surface area contributed by atoms with Crippen molar-refractivity contribution in [1.29, 1.82) is 0 Å². The Labute approximate surface area is 197 Å². The number of aromatic amines is 1. The summed E-state index contributed by atoms with van der Waals surface area (Å²) in [5.41, 5.74) is 5.10. The van der Waals surface area contributed by atoms with Crippen LogP contribution in [0.1, 0.15) is 41.9 Å². The van der Waals surface area contributed by atoms with E-state index in [-0.39, 0.29) is 11.3 Å². The van der Waals surface area contributed by atoms with Gasteiger partial charge in [0.2, 0.25) is 0 Å². The first-order valence-corrected chi connectivity index (χ1v) is 12.1. The second-order valence-corrected chi connectivity index (χ2v) is 9.58. The Morgan fingerprint density at radius 1 is 1.03 bits per heavy atom. The third kappa shape index (κ3) is 4.20. The van der Waals surface area contributed by atoms with E-state index in [9.17, 15) is 9.59 Å². The standard InChI is InChI=1S/C26H26N4O2S/c1-30(2)18-13-11-17(12-14-18)21-22-19(9-6-10-20(22)31)27-24-23(21)25(32)29-26(28-24)33-15-16-7-4-3-5-8-16/h3-5,7-8,11-14,21H,6,9-10,15H2,1-2H3,(H2,27,28,29,32)/t21-/m1/s1. The van der Waals surface area contributed by atoms with E-state index in [1.807, 2.05) is 61.5 Å². The maximum absolute atomic E-state index is 13.3. The highest BCUT2D eigenvalue weighted by atomic mass is 32.2. The average molecular weight is 459 g/mol. The van der Waals surface area contributed by atoms with Crippen molar-refractivity contribution in [3.8, 4) is 0 Å². The van der Waals surface area contributed by atoms with E-state index in [0.29, 0.717) is 34.3 Å². The molecule has 2 heterocycles. The Morgan fingerprint density at radius 3 is 2.52 bits per heavy atom. The highest BCUT2D eigenvalue weighted by molar-refractivity contribution is 7.98. The molecule has 2 N–H and O–H groups in total. The lowest BCUT2D eigenvalue weighted by Crippen LogP contribution is -2.32. The Balaban J connectivity index is 1.56. The molecule has 2 aliphatic rings. The fourth-order valence-corrected chi connectivity index (χ4v) is 5.35. The minimum Gasteiger partial charge on any atom is -0.378 e. The van der Waals surface area contributed by atoms with Gasteiger partial charge in [-0.2, -0.15) is 0 Å². The SMILES string of the molecule is CN(C)c1ccc([C@@H]2C3=C(CCCC3=O)Nc3nc(SCc4ccccc4)[nH]c(=O)c32)cc1. The van der Waals surface area contributed by atoms with E-state index >= 15 is 0 Å². The molecule has 0 spiro atoms. The van der Waals surface area contributed by atoms with Gasteiger partial charge >= 0.3 is 0 Å². The Morgan fingerprint density at radius 2 is 1.79 bits per heavy atom. The van der Waals surface area contributed by atoms with Gasteiger partial charge in [-0.3, -0.25) is 9.59 Å². The lowest BCUT2D eigenvalue weighted by atomic mass is 9.76. The molecule has 0 amide bonds. The van der Waals surface area contributed by atoms with Crippen LogP contribution in [0, 0.1) is 0 Å². The molecular formula is C26H26N4O2S. The number of anilines is 2. The number of nitrogens with one attached hydrogen (secondary N) is 2. The van der Waals surface area contributed by atoms with Crippen LogP contribution in [-0.2, 0) is 10.5 Å². The molecule has 6 nitrogen and oxygen atoms in total. The van der Waals surface area contributed by atoms with E-state index in [0.717, 1.165) is 35.4 Å². The van der Waals surface area contributed by atoms with Crippen LogP contribution in [0.25, 0.3) is 0 Å². The molecule has 1 aromatic heterocycles. The zero-order chi connectivity index (χ0) is 22.9. The van der Waals surface area contributed by atoms with Crippen LogP contribution in [0.15, 0.2) is 75.8 Å². The van der Waals surface area contributed by atoms with Crippen molar-refractivity contribution in [3.05, 3.63) is 92.9 Å². The lowest BCUT2D eigenvalue weighted by Gasteiger charge is -2.33. The molecule has 0 saturated carbocycles. The van der Waals surface area contributed by atoms with Crippen molar-refractivity contribution >= 4 is 29.1 Å². The maximum Gasteiger partial charge on any atom is 0.257 e. The van der Waals surface area contributed by atoms with Gasteiger partial charge in [0.15, 0.2) is 10.9 Å². The Bertz CT molecular complexity index is 1280. The smallest absolute Gasteiger partial charge is 0.257 e. The molecule has 0 unspecified atom stereocenters. The fourth-order valence-electron chi connectivity index (χ4n) is 4.53. The molecule has 3 aromatic rings. The van der Waals surface area contributed by atoms with Crippen LogP contribution in [0.3, 0.4) is 0 Å². The number of aromatic nitrogens is 2. The summed E-state index contributed by atoms with van der Waals surface area (Å²) in [5, 5.41) is 3.92. The van der Waals surface area contributed by atoms with Gasteiger partial charge in [0.05, 0.1) is 5.56 Å². The number of rotatable bonds is 5. The molecule has 1 atom stereocenters. The van der Waals surface area contributed by atoms with Crippen molar-refractivity contribution in [1.82, 2.24) is 9.97 Å². The largest absolute Gasteiger partial charge is 0.378 e. The van der Waals surface area contributed by atoms with E-state index in [1.54, 1.807) is 0 Å². The van der Waals surface area contributed by atoms with E-state index in [4.69, 9.17) is 4.98 Å². The number of thioether (sulfide) groups is 1. The van der Waals surface area contributed by atoms with Gasteiger partial charge in [0.1, 0.15) is 5.82 Å². The molecule has 33 heavy (non-hydrogen) atoms. The molecule has 1 aliphatic carbocycles. The van der Waals surface area contributed by atoms with Crippen LogP contribution >= 0.6 is 11.8 Å². The molecular weight excluding hydrogens is 432 g/mol. The van der Waals surface area contributed by atoms with Gasteiger partial charge in [0.25, 0.3) is 5.56 Å². The van der Waals surface area contributed by atoms with E-state index in [2.05, 4.69) is 22.4 Å². The number of nitrogens with zero attached hydrogens (tertiary/aromatic N) is 2. The third-order valence-corrected chi connectivity index (χ3v) is 7.14. The monoisotopic (exact) mass is 458 g/mol. The van der Waals surface area contributed by atoms with E-state index in [1.165, 1.54) is 11.8 Å². The molecule has 168 valence electrons. The molecule has 5 rings (SSSR count). The van der Waals surface area contributed by atoms with Crippen LogP contribution < -0.4 is 15.8 Å². The molecule has 7 heteroatoms. The quantitative estimate of drug-likeness (QED) is 0.427. The second kappa shape index (κ2) is 8.90. The van der Waals surface area contributed by atoms with Crippen molar-refractivity contribution in [2.75, 3.05) is 24.3 Å². The second-order valence-electron chi connectivity index (χ2n) is 8.62. The minimum absolute atomic E-state index is 0.109. The number of hydrogen-bond acceptors (Lipinski definition) is 6. The lowest BCUT2D eigenvalue weighted by molar-refractivity contribution is -0.116.